The molecule has 0 radical (unpaired) electrons. The van der Waals surface area contributed by atoms with Crippen molar-refractivity contribution < 1.29 is 36.1 Å². The summed E-state index contributed by atoms with van der Waals surface area (Å²) < 4.78 is 6.45. The monoisotopic (exact) mass is 359 g/mol. The van der Waals surface area contributed by atoms with Crippen LogP contribution in [0.5, 0.6) is 5.75 Å². The standard InChI is InChI=1S/C16H26NO3.BrH/c1-4-17(5-2,6-3)11-15(19)13-20-16-10-8-7-9-14(16)12-18;/h7-10,12,15,19H,4-6,11,13H2,1-3H3;1H/q+1;/p-1. The maximum Gasteiger partial charge on any atom is 0.153 e. The van der Waals surface area contributed by atoms with E-state index in [2.05, 4.69) is 20.8 Å². The number of likely N-dealkylation sites (N-methyl/N-ethyl adjacent to an activating group) is 1. The summed E-state index contributed by atoms with van der Waals surface area (Å²) >= 11 is 0. The van der Waals surface area contributed by atoms with Crippen LogP contribution in [0.4, 0.5) is 0 Å². The maximum absolute atomic E-state index is 10.9. The van der Waals surface area contributed by atoms with Crippen LogP contribution in [0.25, 0.3) is 0 Å². The molecule has 5 heteroatoms. The number of benzene rings is 1. The Morgan fingerprint density at radius 1 is 1.19 bits per heavy atom. The van der Waals surface area contributed by atoms with Crippen LogP contribution in [0, 0.1) is 0 Å². The number of carbonyl (C=O) groups excluding carboxylic acids is 1. The third-order valence-corrected chi connectivity index (χ3v) is 4.09. The summed E-state index contributed by atoms with van der Waals surface area (Å²) in [6.07, 6.45) is 0.237. The molecular formula is C16H26BrNO3. The van der Waals surface area contributed by atoms with Gasteiger partial charge in [-0.05, 0) is 32.9 Å². The Kier molecular flexibility index (Phi) is 9.49. The molecule has 0 aromatic heterocycles. The lowest BCUT2D eigenvalue weighted by Crippen LogP contribution is -3.00. The van der Waals surface area contributed by atoms with E-state index in [1.807, 2.05) is 6.07 Å². The molecule has 0 aliphatic carbocycles. The van der Waals surface area contributed by atoms with Crippen molar-refractivity contribution in [2.24, 2.45) is 0 Å². The van der Waals surface area contributed by atoms with Crippen molar-refractivity contribution in [1.82, 2.24) is 0 Å². The lowest BCUT2D eigenvalue weighted by molar-refractivity contribution is -0.926. The number of para-hydroxylation sites is 1. The Morgan fingerprint density at radius 3 is 2.29 bits per heavy atom. The Hall–Kier alpha value is -0.910. The molecule has 0 saturated carbocycles. The van der Waals surface area contributed by atoms with Gasteiger partial charge in [0, 0.05) is 0 Å². The third kappa shape index (κ3) is 5.77. The molecule has 4 nitrogen and oxygen atoms in total. The Balaban J connectivity index is 0.00000400. The summed E-state index contributed by atoms with van der Waals surface area (Å²) in [5.41, 5.74) is 0.516. The normalized spacial score (nSPS) is 12.4. The molecule has 120 valence electrons. The van der Waals surface area contributed by atoms with Gasteiger partial charge < -0.3 is 31.3 Å². The van der Waals surface area contributed by atoms with Crippen LogP contribution in [0.1, 0.15) is 31.1 Å². The van der Waals surface area contributed by atoms with Crippen LogP contribution in [0.3, 0.4) is 0 Å². The highest BCUT2D eigenvalue weighted by Gasteiger charge is 2.25. The average molecular weight is 360 g/mol. The molecule has 21 heavy (non-hydrogen) atoms. The second-order valence-electron chi connectivity index (χ2n) is 5.09. The topological polar surface area (TPSA) is 46.5 Å². The third-order valence-electron chi connectivity index (χ3n) is 4.09. The summed E-state index contributed by atoms with van der Waals surface area (Å²) in [6.45, 7) is 10.3. The van der Waals surface area contributed by atoms with Crippen molar-refractivity contribution in [3.8, 4) is 5.75 Å². The van der Waals surface area contributed by atoms with Gasteiger partial charge in [-0.3, -0.25) is 4.79 Å². The van der Waals surface area contributed by atoms with E-state index in [9.17, 15) is 9.90 Å². The van der Waals surface area contributed by atoms with Crippen LogP contribution >= 0.6 is 0 Å². The van der Waals surface area contributed by atoms with Gasteiger partial charge in [-0.1, -0.05) is 12.1 Å². The second-order valence-corrected chi connectivity index (χ2v) is 5.09. The Bertz CT molecular complexity index is 413. The van der Waals surface area contributed by atoms with Gasteiger partial charge >= 0.3 is 0 Å². The van der Waals surface area contributed by atoms with Crippen molar-refractivity contribution in [3.05, 3.63) is 29.8 Å². The first-order chi connectivity index (χ1) is 9.60. The van der Waals surface area contributed by atoms with Gasteiger partial charge in [-0.15, -0.1) is 0 Å². The van der Waals surface area contributed by atoms with Gasteiger partial charge in [0.25, 0.3) is 0 Å². The molecule has 1 atom stereocenters. The average Bonchev–Trinajstić information content (AvgIpc) is 2.51. The number of aliphatic hydroxyl groups is 1. The lowest BCUT2D eigenvalue weighted by atomic mass is 10.2. The smallest absolute Gasteiger partial charge is 0.153 e. The summed E-state index contributed by atoms with van der Waals surface area (Å²) in [6, 6.07) is 7.07. The molecule has 0 bridgehead atoms. The molecule has 1 unspecified atom stereocenters. The fourth-order valence-corrected chi connectivity index (χ4v) is 2.45. The minimum atomic E-state index is -0.533. The molecule has 1 N–H and O–H groups in total. The number of carbonyl (C=O) groups is 1. The molecule has 1 aromatic rings. The van der Waals surface area contributed by atoms with Gasteiger partial charge in [0.1, 0.15) is 25.0 Å². The summed E-state index contributed by atoms with van der Waals surface area (Å²) in [4.78, 5) is 10.9. The Labute approximate surface area is 138 Å². The van der Waals surface area contributed by atoms with Crippen LogP contribution in [-0.4, -0.2) is 54.8 Å². The Morgan fingerprint density at radius 2 is 1.76 bits per heavy atom. The molecule has 1 rings (SSSR count). The number of aldehydes is 1. The van der Waals surface area contributed by atoms with Crippen molar-refractivity contribution in [3.63, 3.8) is 0 Å². The van der Waals surface area contributed by atoms with E-state index in [1.54, 1.807) is 18.2 Å². The number of hydrogen-bond acceptors (Lipinski definition) is 3. The molecule has 0 aliphatic rings. The molecule has 1 aromatic carbocycles. The van der Waals surface area contributed by atoms with Gasteiger partial charge in [0.05, 0.1) is 25.2 Å². The number of nitrogens with zero attached hydrogens (tertiary/aromatic N) is 1. The number of quaternary nitrogens is 1. The van der Waals surface area contributed by atoms with Gasteiger partial charge in [0.15, 0.2) is 6.29 Å². The van der Waals surface area contributed by atoms with Crippen molar-refractivity contribution >= 4 is 6.29 Å². The molecule has 0 spiro atoms. The molecule has 0 saturated heterocycles. The fourth-order valence-electron chi connectivity index (χ4n) is 2.45. The van der Waals surface area contributed by atoms with Crippen LogP contribution in [0.15, 0.2) is 24.3 Å². The van der Waals surface area contributed by atoms with Gasteiger partial charge in [0.2, 0.25) is 0 Å². The van der Waals surface area contributed by atoms with Crippen LogP contribution < -0.4 is 21.7 Å². The SMILES string of the molecule is CC[N+](CC)(CC)CC(O)COc1ccccc1C=O.[Br-]. The fraction of sp³-hybridized carbons (Fsp3) is 0.562. The van der Waals surface area contributed by atoms with E-state index < -0.39 is 6.10 Å². The van der Waals surface area contributed by atoms with Gasteiger partial charge in [-0.2, -0.15) is 0 Å². The van der Waals surface area contributed by atoms with Gasteiger partial charge in [-0.25, -0.2) is 0 Å². The van der Waals surface area contributed by atoms with Crippen molar-refractivity contribution in [1.29, 1.82) is 0 Å². The van der Waals surface area contributed by atoms with E-state index >= 15 is 0 Å². The zero-order chi connectivity index (χ0) is 15.0. The highest BCUT2D eigenvalue weighted by molar-refractivity contribution is 5.79. The largest absolute Gasteiger partial charge is 1.00 e. The van der Waals surface area contributed by atoms with E-state index in [4.69, 9.17) is 4.74 Å². The van der Waals surface area contributed by atoms with Crippen LogP contribution in [-0.2, 0) is 0 Å². The zero-order valence-corrected chi connectivity index (χ0v) is 14.7. The molecule has 0 fully saturated rings. The highest BCUT2D eigenvalue weighted by atomic mass is 79.9. The van der Waals surface area contributed by atoms with Crippen molar-refractivity contribution in [2.75, 3.05) is 32.8 Å². The highest BCUT2D eigenvalue weighted by Crippen LogP contribution is 2.16. The minimum Gasteiger partial charge on any atom is -1.00 e. The van der Waals surface area contributed by atoms with Crippen LogP contribution in [0.2, 0.25) is 0 Å². The predicted molar refractivity (Wildman–Crippen MR) is 80.1 cm³/mol. The summed E-state index contributed by atoms with van der Waals surface area (Å²) in [7, 11) is 0. The number of ether oxygens (including phenoxy) is 1. The first-order valence-corrected chi connectivity index (χ1v) is 7.31. The summed E-state index contributed by atoms with van der Waals surface area (Å²) in [5.74, 6) is 0.532. The number of aliphatic hydroxyl groups excluding tert-OH is 1. The van der Waals surface area contributed by atoms with E-state index in [-0.39, 0.29) is 23.6 Å². The first kappa shape index (κ1) is 20.1. The summed E-state index contributed by atoms with van der Waals surface area (Å²) in [5, 5.41) is 10.2. The quantitative estimate of drug-likeness (QED) is 0.460. The minimum absolute atomic E-state index is 0. The lowest BCUT2D eigenvalue weighted by Gasteiger charge is -2.37. The van der Waals surface area contributed by atoms with E-state index in [1.165, 1.54) is 0 Å². The molecule has 0 heterocycles. The second kappa shape index (κ2) is 9.92. The van der Waals surface area contributed by atoms with E-state index in [0.717, 1.165) is 30.4 Å². The maximum atomic E-state index is 10.9. The number of halogens is 1. The molecular weight excluding hydrogens is 334 g/mol. The first-order valence-electron chi connectivity index (χ1n) is 7.31. The van der Waals surface area contributed by atoms with Crippen molar-refractivity contribution in [2.45, 2.75) is 26.9 Å². The van der Waals surface area contributed by atoms with E-state index in [0.29, 0.717) is 17.9 Å². The predicted octanol–water partition coefficient (Wildman–Crippen LogP) is -0.881. The number of rotatable bonds is 9. The number of hydrogen-bond donors (Lipinski definition) is 1. The zero-order valence-electron chi connectivity index (χ0n) is 13.1. The molecule has 0 amide bonds. The molecule has 0 aliphatic heterocycles.